The average Bonchev–Trinajstić information content (AvgIpc) is 3.87. The number of aromatic nitrogens is 2. The molecule has 0 bridgehead atoms. The molecule has 0 unspecified atom stereocenters. The Morgan fingerprint density at radius 3 is 1.46 bits per heavy atom. The Kier molecular flexibility index (Phi) is 9.59. The van der Waals surface area contributed by atoms with E-state index in [-0.39, 0.29) is 0 Å². The summed E-state index contributed by atoms with van der Waals surface area (Å²) >= 11 is 0. The van der Waals surface area contributed by atoms with Crippen LogP contribution in [-0.4, -0.2) is 9.13 Å². The molecule has 8 heteroatoms. The summed E-state index contributed by atoms with van der Waals surface area (Å²) in [6.45, 7) is 9.10. The van der Waals surface area contributed by atoms with Crippen molar-refractivity contribution in [3.05, 3.63) is 222 Å². The van der Waals surface area contributed by atoms with Crippen molar-refractivity contribution in [2.45, 2.75) is 13.1 Å². The van der Waals surface area contributed by atoms with Crippen LogP contribution in [0.15, 0.2) is 188 Å². The van der Waals surface area contributed by atoms with Crippen LogP contribution in [0.4, 0.5) is 18.9 Å². The Hall–Kier alpha value is -9.16. The van der Waals surface area contributed by atoms with Gasteiger partial charge in [0.1, 0.15) is 0 Å². The molecular formula is C59H34F3N5. The van der Waals surface area contributed by atoms with E-state index in [4.69, 9.17) is 6.57 Å². The maximum absolute atomic E-state index is 14.4. The highest BCUT2D eigenvalue weighted by molar-refractivity contribution is 6.13. The minimum Gasteiger partial charge on any atom is -0.309 e. The van der Waals surface area contributed by atoms with Crippen molar-refractivity contribution in [2.24, 2.45) is 0 Å². The number of alkyl halides is 3. The molecule has 0 aliphatic carbocycles. The second-order valence-corrected chi connectivity index (χ2v) is 16.7. The lowest BCUT2D eigenvalue weighted by atomic mass is 9.93. The van der Waals surface area contributed by atoms with Gasteiger partial charge < -0.3 is 9.13 Å². The fourth-order valence-corrected chi connectivity index (χ4v) is 9.55. The van der Waals surface area contributed by atoms with E-state index in [2.05, 4.69) is 86.8 Å². The van der Waals surface area contributed by atoms with Crippen LogP contribution in [0.3, 0.4) is 0 Å². The molecule has 67 heavy (non-hydrogen) atoms. The average molecular weight is 870 g/mol. The Balaban J connectivity index is 1.20. The molecule has 0 saturated heterocycles. The van der Waals surface area contributed by atoms with Gasteiger partial charge in [-0.3, -0.25) is 0 Å². The molecule has 5 nitrogen and oxygen atoms in total. The van der Waals surface area contributed by atoms with Gasteiger partial charge in [-0.15, -0.1) is 0 Å². The van der Waals surface area contributed by atoms with E-state index in [0.29, 0.717) is 44.6 Å². The van der Waals surface area contributed by atoms with E-state index in [1.807, 2.05) is 103 Å². The third kappa shape index (κ3) is 6.95. The summed E-state index contributed by atoms with van der Waals surface area (Å²) in [4.78, 5) is 3.56. The highest BCUT2D eigenvalue weighted by Crippen LogP contribution is 2.44. The van der Waals surface area contributed by atoms with Crippen LogP contribution >= 0.6 is 0 Å². The minimum absolute atomic E-state index is 0.418. The molecule has 11 aromatic rings. The topological polar surface area (TPSA) is 61.8 Å². The van der Waals surface area contributed by atoms with Crippen LogP contribution < -0.4 is 0 Å². The first kappa shape index (κ1) is 40.6. The minimum atomic E-state index is -4.55. The van der Waals surface area contributed by atoms with Crippen LogP contribution in [0, 0.1) is 36.2 Å². The molecule has 0 saturated carbocycles. The highest BCUT2D eigenvalue weighted by Gasteiger charge is 2.31. The second-order valence-electron chi connectivity index (χ2n) is 16.7. The summed E-state index contributed by atoms with van der Waals surface area (Å²) in [6.07, 6.45) is -4.55. The number of para-hydroxylation sites is 2. The maximum Gasteiger partial charge on any atom is 0.416 e. The van der Waals surface area contributed by atoms with Crippen molar-refractivity contribution in [3.8, 4) is 68.0 Å². The Morgan fingerprint density at radius 1 is 0.448 bits per heavy atom. The van der Waals surface area contributed by atoms with Gasteiger partial charge in [0.2, 0.25) is 0 Å². The number of hydrogen-bond acceptors (Lipinski definition) is 2. The van der Waals surface area contributed by atoms with Crippen LogP contribution in [0.2, 0.25) is 0 Å². The lowest BCUT2D eigenvalue weighted by molar-refractivity contribution is -0.137. The SMILES string of the molecule is [C-]#[N+]c1ccc(-c2ccc3c(c2)c2ccccc2n3-c2ccc(-c3cc(C)cc(C(F)(F)F)c3)cc2-c2cc(C#N)ccc2-n2c3ccccc3c3cc(-c4ccc(C#N)cc4)ccc32)cc1. The van der Waals surface area contributed by atoms with Crippen molar-refractivity contribution in [3.63, 3.8) is 0 Å². The summed E-state index contributed by atoms with van der Waals surface area (Å²) in [6, 6.07) is 64.1. The predicted octanol–water partition coefficient (Wildman–Crippen LogP) is 16.2. The van der Waals surface area contributed by atoms with E-state index >= 15 is 0 Å². The van der Waals surface area contributed by atoms with Gasteiger partial charge in [0.25, 0.3) is 0 Å². The fraction of sp³-hybridized carbons (Fsp3) is 0.0339. The molecule has 316 valence electrons. The van der Waals surface area contributed by atoms with Gasteiger partial charge in [-0.25, -0.2) is 4.85 Å². The molecule has 2 heterocycles. The summed E-state index contributed by atoms with van der Waals surface area (Å²) in [5, 5.41) is 24.0. The molecule has 9 aromatic carbocycles. The summed E-state index contributed by atoms with van der Waals surface area (Å²) in [7, 11) is 0. The van der Waals surface area contributed by atoms with Crippen LogP contribution in [-0.2, 0) is 6.18 Å². The third-order valence-corrected chi connectivity index (χ3v) is 12.7. The van der Waals surface area contributed by atoms with Crippen LogP contribution in [0.5, 0.6) is 0 Å². The highest BCUT2D eigenvalue weighted by atomic mass is 19.4. The zero-order chi connectivity index (χ0) is 46.0. The molecule has 0 N–H and O–H groups in total. The smallest absolute Gasteiger partial charge is 0.309 e. The van der Waals surface area contributed by atoms with Gasteiger partial charge in [0.15, 0.2) is 5.69 Å². The standard InChI is InChI=1S/C59H34F3N5/c1-36-27-44(30-45(28-36)59(60,61)62)43-20-26-58(67-54-10-6-4-8-48(54)51-32-42(19-25-57(51)67)40-16-21-46(65-2)22-17-40)52(33-43)49-29-38(35-64)13-23-55(49)66-53-9-5-3-7-47(53)50-31-41(18-24-56(50)66)39-14-11-37(34-63)12-15-39/h3-33H,1H3. The van der Waals surface area contributed by atoms with Crippen molar-refractivity contribution in [1.82, 2.24) is 9.13 Å². The lowest BCUT2D eigenvalue weighted by Crippen LogP contribution is -2.05. The normalized spacial score (nSPS) is 11.5. The first-order chi connectivity index (χ1) is 32.6. The van der Waals surface area contributed by atoms with Gasteiger partial charge in [-0.1, -0.05) is 97.1 Å². The van der Waals surface area contributed by atoms with Crippen molar-refractivity contribution < 1.29 is 13.2 Å². The molecule has 0 aliphatic heterocycles. The van der Waals surface area contributed by atoms with Gasteiger partial charge in [-0.2, -0.15) is 23.7 Å². The number of rotatable bonds is 6. The number of nitrogens with zero attached hydrogens (tertiary/aromatic N) is 5. The number of hydrogen-bond donors (Lipinski definition) is 0. The molecule has 0 atom stereocenters. The van der Waals surface area contributed by atoms with Crippen molar-refractivity contribution in [2.75, 3.05) is 0 Å². The molecule has 0 spiro atoms. The van der Waals surface area contributed by atoms with Crippen LogP contribution in [0.1, 0.15) is 22.3 Å². The maximum atomic E-state index is 14.4. The fourth-order valence-electron chi connectivity index (χ4n) is 9.55. The van der Waals surface area contributed by atoms with E-state index in [1.54, 1.807) is 19.1 Å². The summed E-state index contributed by atoms with van der Waals surface area (Å²) in [5.41, 5.74) is 12.9. The zero-order valence-corrected chi connectivity index (χ0v) is 35.8. The molecule has 0 radical (unpaired) electrons. The first-order valence-electron chi connectivity index (χ1n) is 21.5. The first-order valence-corrected chi connectivity index (χ1v) is 21.5. The van der Waals surface area contributed by atoms with Crippen LogP contribution in [0.25, 0.3) is 104 Å². The number of fused-ring (bicyclic) bond motifs is 6. The number of aryl methyl sites for hydroxylation is 1. The van der Waals surface area contributed by atoms with E-state index in [9.17, 15) is 23.7 Å². The van der Waals surface area contributed by atoms with Gasteiger partial charge >= 0.3 is 6.18 Å². The number of benzene rings is 9. The van der Waals surface area contributed by atoms with Crippen molar-refractivity contribution >= 4 is 49.3 Å². The van der Waals surface area contributed by atoms with Gasteiger partial charge in [0.05, 0.1) is 68.8 Å². The molecule has 2 aromatic heterocycles. The van der Waals surface area contributed by atoms with Gasteiger partial charge in [0, 0.05) is 32.7 Å². The zero-order valence-electron chi connectivity index (χ0n) is 35.8. The van der Waals surface area contributed by atoms with Crippen molar-refractivity contribution in [1.29, 1.82) is 10.5 Å². The molecule has 11 rings (SSSR count). The van der Waals surface area contributed by atoms with Gasteiger partial charge in [-0.05, 0) is 137 Å². The molecule has 0 aliphatic rings. The quantitative estimate of drug-likeness (QED) is 0.156. The summed E-state index contributed by atoms with van der Waals surface area (Å²) < 4.78 is 47.5. The van der Waals surface area contributed by atoms with E-state index in [1.165, 1.54) is 6.07 Å². The Morgan fingerprint density at radius 2 is 0.910 bits per heavy atom. The Bertz CT molecular complexity index is 3950. The molecular weight excluding hydrogens is 836 g/mol. The molecule has 0 amide bonds. The second kappa shape index (κ2) is 15.8. The number of halogens is 3. The molecule has 0 fully saturated rings. The summed E-state index contributed by atoms with van der Waals surface area (Å²) in [5.74, 6) is 0. The lowest BCUT2D eigenvalue weighted by Gasteiger charge is -2.20. The third-order valence-electron chi connectivity index (χ3n) is 12.7. The van der Waals surface area contributed by atoms with E-state index in [0.717, 1.165) is 83.3 Å². The predicted molar refractivity (Wildman–Crippen MR) is 262 cm³/mol. The monoisotopic (exact) mass is 869 g/mol. The number of nitriles is 2. The largest absolute Gasteiger partial charge is 0.416 e. The van der Waals surface area contributed by atoms with E-state index < -0.39 is 11.7 Å². The Labute approximate surface area is 383 Å².